The number of anilines is 1. The minimum Gasteiger partial charge on any atom is -0.462 e. The molecule has 0 saturated heterocycles. The van der Waals surface area contributed by atoms with Crippen molar-refractivity contribution in [3.63, 3.8) is 0 Å². The average Bonchev–Trinajstić information content (AvgIpc) is 2.49. The van der Waals surface area contributed by atoms with Gasteiger partial charge < -0.3 is 9.64 Å². The summed E-state index contributed by atoms with van der Waals surface area (Å²) in [7, 11) is 3.69. The number of benzene rings is 1. The molecule has 2 rings (SSSR count). The van der Waals surface area contributed by atoms with E-state index in [1.54, 1.807) is 11.8 Å². The Balaban J connectivity index is 2.54. The van der Waals surface area contributed by atoms with E-state index < -0.39 is 5.97 Å². The van der Waals surface area contributed by atoms with Crippen molar-refractivity contribution in [2.45, 2.75) is 20.8 Å². The molecule has 0 unspecified atom stereocenters. The number of rotatable bonds is 4. The number of aryl methyl sites for hydroxylation is 1. The second-order valence-electron chi connectivity index (χ2n) is 5.29. The summed E-state index contributed by atoms with van der Waals surface area (Å²) in [5, 5.41) is 0. The van der Waals surface area contributed by atoms with Crippen LogP contribution in [0.3, 0.4) is 0 Å². The van der Waals surface area contributed by atoms with E-state index in [0.29, 0.717) is 23.8 Å². The van der Waals surface area contributed by atoms with Crippen molar-refractivity contribution in [2.75, 3.05) is 25.6 Å². The monoisotopic (exact) mass is 299 g/mol. The van der Waals surface area contributed by atoms with Crippen LogP contribution in [0.5, 0.6) is 0 Å². The normalized spacial score (nSPS) is 10.4. The molecule has 0 spiro atoms. The highest BCUT2D eigenvalue weighted by Gasteiger charge is 2.18. The fourth-order valence-corrected chi connectivity index (χ4v) is 2.19. The van der Waals surface area contributed by atoms with E-state index in [1.165, 1.54) is 11.8 Å². The van der Waals surface area contributed by atoms with Crippen LogP contribution in [0.4, 0.5) is 5.82 Å². The largest absolute Gasteiger partial charge is 0.462 e. The number of ether oxygens (including phenoxy) is 1. The number of hydrogen-bond donors (Lipinski definition) is 0. The molecule has 0 fully saturated rings. The van der Waals surface area contributed by atoms with Crippen LogP contribution in [0.15, 0.2) is 24.4 Å². The molecule has 0 radical (unpaired) electrons. The van der Waals surface area contributed by atoms with Gasteiger partial charge in [0, 0.05) is 25.9 Å². The van der Waals surface area contributed by atoms with E-state index in [0.717, 1.165) is 11.1 Å². The van der Waals surface area contributed by atoms with Gasteiger partial charge in [-0.25, -0.2) is 14.8 Å². The van der Waals surface area contributed by atoms with Gasteiger partial charge in [-0.05, 0) is 31.9 Å². The van der Waals surface area contributed by atoms with E-state index >= 15 is 0 Å². The SMILES string of the molecule is CCOC(=O)c1cnc(-c2cccc(C)c2C)nc1N(C)C. The Labute approximate surface area is 131 Å². The summed E-state index contributed by atoms with van der Waals surface area (Å²) in [5.41, 5.74) is 3.66. The average molecular weight is 299 g/mol. The predicted octanol–water partition coefficient (Wildman–Crippen LogP) is 3.00. The number of hydrogen-bond acceptors (Lipinski definition) is 5. The van der Waals surface area contributed by atoms with E-state index in [4.69, 9.17) is 4.74 Å². The molecular formula is C17H21N3O2. The van der Waals surface area contributed by atoms with Crippen molar-refractivity contribution >= 4 is 11.8 Å². The molecule has 1 aromatic carbocycles. The summed E-state index contributed by atoms with van der Waals surface area (Å²) < 4.78 is 5.06. The molecule has 0 saturated carbocycles. The third kappa shape index (κ3) is 3.08. The molecule has 0 aliphatic rings. The molecule has 22 heavy (non-hydrogen) atoms. The zero-order valence-corrected chi connectivity index (χ0v) is 13.7. The zero-order valence-electron chi connectivity index (χ0n) is 13.7. The number of aromatic nitrogens is 2. The first kappa shape index (κ1) is 15.9. The van der Waals surface area contributed by atoms with Gasteiger partial charge in [-0.2, -0.15) is 0 Å². The van der Waals surface area contributed by atoms with Crippen LogP contribution in [0.25, 0.3) is 11.4 Å². The van der Waals surface area contributed by atoms with Gasteiger partial charge in [0.25, 0.3) is 0 Å². The highest BCUT2D eigenvalue weighted by Crippen LogP contribution is 2.25. The Hall–Kier alpha value is -2.43. The van der Waals surface area contributed by atoms with Crippen molar-refractivity contribution in [3.05, 3.63) is 41.1 Å². The molecule has 116 valence electrons. The van der Waals surface area contributed by atoms with Crippen molar-refractivity contribution in [3.8, 4) is 11.4 Å². The van der Waals surface area contributed by atoms with Crippen LogP contribution < -0.4 is 4.90 Å². The molecule has 0 N–H and O–H groups in total. The van der Waals surface area contributed by atoms with Gasteiger partial charge in [-0.3, -0.25) is 0 Å². The van der Waals surface area contributed by atoms with Crippen molar-refractivity contribution < 1.29 is 9.53 Å². The maximum Gasteiger partial charge on any atom is 0.343 e. The van der Waals surface area contributed by atoms with E-state index in [1.807, 2.05) is 33.2 Å². The van der Waals surface area contributed by atoms with Crippen molar-refractivity contribution in [1.29, 1.82) is 0 Å². The third-order valence-corrected chi connectivity index (χ3v) is 3.53. The van der Waals surface area contributed by atoms with Gasteiger partial charge in [0.1, 0.15) is 11.4 Å². The summed E-state index contributed by atoms with van der Waals surface area (Å²) in [6, 6.07) is 6.02. The molecule has 0 atom stereocenters. The number of carbonyl (C=O) groups is 1. The topological polar surface area (TPSA) is 55.3 Å². The smallest absolute Gasteiger partial charge is 0.343 e. The number of carbonyl (C=O) groups excluding carboxylic acids is 1. The molecule has 0 aliphatic carbocycles. The molecule has 2 aromatic rings. The second kappa shape index (κ2) is 6.56. The quantitative estimate of drug-likeness (QED) is 0.812. The molecule has 0 aliphatic heterocycles. The van der Waals surface area contributed by atoms with Crippen molar-refractivity contribution in [2.24, 2.45) is 0 Å². The molecule has 5 heteroatoms. The first-order valence-electron chi connectivity index (χ1n) is 7.23. The van der Waals surface area contributed by atoms with Crippen LogP contribution in [-0.2, 0) is 4.74 Å². The Kier molecular flexibility index (Phi) is 4.75. The minimum atomic E-state index is -0.404. The standard InChI is InChI=1S/C17H21N3O2/c1-6-22-17(21)14-10-18-15(19-16(14)20(4)5)13-9-7-8-11(2)12(13)3/h7-10H,6H2,1-5H3. The van der Waals surface area contributed by atoms with Crippen LogP contribution >= 0.6 is 0 Å². The van der Waals surface area contributed by atoms with Crippen LogP contribution in [0, 0.1) is 13.8 Å². The summed E-state index contributed by atoms with van der Waals surface area (Å²) >= 11 is 0. The predicted molar refractivity (Wildman–Crippen MR) is 87.2 cm³/mol. The molecule has 0 bridgehead atoms. The summed E-state index contributed by atoms with van der Waals surface area (Å²) in [5.74, 6) is 0.765. The summed E-state index contributed by atoms with van der Waals surface area (Å²) in [6.45, 7) is 6.20. The molecule has 5 nitrogen and oxygen atoms in total. The van der Waals surface area contributed by atoms with Crippen molar-refractivity contribution in [1.82, 2.24) is 9.97 Å². The third-order valence-electron chi connectivity index (χ3n) is 3.53. The Bertz CT molecular complexity index is 696. The Morgan fingerprint density at radius 3 is 2.64 bits per heavy atom. The first-order chi connectivity index (χ1) is 10.5. The zero-order chi connectivity index (χ0) is 16.3. The van der Waals surface area contributed by atoms with E-state index in [-0.39, 0.29) is 0 Å². The van der Waals surface area contributed by atoms with Gasteiger partial charge in [0.05, 0.1) is 6.61 Å². The Morgan fingerprint density at radius 2 is 2.00 bits per heavy atom. The number of nitrogens with zero attached hydrogens (tertiary/aromatic N) is 3. The lowest BCUT2D eigenvalue weighted by atomic mass is 10.0. The minimum absolute atomic E-state index is 0.324. The maximum absolute atomic E-state index is 12.0. The summed E-state index contributed by atoms with van der Waals surface area (Å²) in [4.78, 5) is 22.7. The van der Waals surface area contributed by atoms with Gasteiger partial charge >= 0.3 is 5.97 Å². The molecule has 0 amide bonds. The lowest BCUT2D eigenvalue weighted by molar-refractivity contribution is 0.0526. The van der Waals surface area contributed by atoms with Crippen LogP contribution in [0.2, 0.25) is 0 Å². The van der Waals surface area contributed by atoms with E-state index in [9.17, 15) is 4.79 Å². The van der Waals surface area contributed by atoms with Crippen LogP contribution in [0.1, 0.15) is 28.4 Å². The van der Waals surface area contributed by atoms with Gasteiger partial charge in [-0.1, -0.05) is 18.2 Å². The first-order valence-corrected chi connectivity index (χ1v) is 7.23. The fraction of sp³-hybridized carbons (Fsp3) is 0.353. The highest BCUT2D eigenvalue weighted by atomic mass is 16.5. The summed E-state index contributed by atoms with van der Waals surface area (Å²) in [6.07, 6.45) is 1.54. The lowest BCUT2D eigenvalue weighted by Crippen LogP contribution is -2.18. The van der Waals surface area contributed by atoms with Gasteiger partial charge in [0.2, 0.25) is 0 Å². The molecular weight excluding hydrogens is 278 g/mol. The molecule has 1 aromatic heterocycles. The lowest BCUT2D eigenvalue weighted by Gasteiger charge is -2.16. The van der Waals surface area contributed by atoms with Gasteiger partial charge in [0.15, 0.2) is 5.82 Å². The second-order valence-corrected chi connectivity index (χ2v) is 5.29. The van der Waals surface area contributed by atoms with E-state index in [2.05, 4.69) is 23.0 Å². The van der Waals surface area contributed by atoms with Gasteiger partial charge in [-0.15, -0.1) is 0 Å². The van der Waals surface area contributed by atoms with Crippen LogP contribution in [-0.4, -0.2) is 36.6 Å². The number of esters is 1. The maximum atomic E-state index is 12.0. The fourth-order valence-electron chi connectivity index (χ4n) is 2.19. The highest BCUT2D eigenvalue weighted by molar-refractivity contribution is 5.94. The Morgan fingerprint density at radius 1 is 1.27 bits per heavy atom. The molecule has 1 heterocycles.